The van der Waals surface area contributed by atoms with Crippen molar-refractivity contribution < 1.29 is 29.3 Å². The summed E-state index contributed by atoms with van der Waals surface area (Å²) in [5.74, 6) is -1.50. The molecule has 112 valence electrons. The summed E-state index contributed by atoms with van der Waals surface area (Å²) in [6, 6.07) is 0. The number of ether oxygens (including phenoxy) is 2. The van der Waals surface area contributed by atoms with Crippen LogP contribution in [0.3, 0.4) is 0 Å². The van der Waals surface area contributed by atoms with Crippen LogP contribution in [0.1, 0.15) is 46.5 Å². The Morgan fingerprint density at radius 1 is 1.05 bits per heavy atom. The average molecular weight is 276 g/mol. The van der Waals surface area contributed by atoms with Gasteiger partial charge in [-0.1, -0.05) is 19.8 Å². The maximum Gasteiger partial charge on any atom is 0.335 e. The van der Waals surface area contributed by atoms with Crippen molar-refractivity contribution in [2.45, 2.75) is 64.8 Å². The topological polar surface area (TPSA) is 93.1 Å². The molecule has 0 rings (SSSR count). The number of hydrogen-bond donors (Lipinski definition) is 2. The third kappa shape index (κ3) is 8.56. The van der Waals surface area contributed by atoms with Crippen LogP contribution in [0, 0.1) is 0 Å². The fourth-order valence-corrected chi connectivity index (χ4v) is 1.36. The second-order valence-electron chi connectivity index (χ2n) is 4.54. The molecule has 0 aromatic carbocycles. The number of unbranched alkanes of at least 4 members (excludes halogenated alkanes) is 2. The Bertz CT molecular complexity index is 274. The molecule has 2 N–H and O–H groups in total. The third-order valence-electron chi connectivity index (χ3n) is 2.51. The van der Waals surface area contributed by atoms with E-state index in [0.29, 0.717) is 6.42 Å². The standard InChI is InChI=1S/C13H24O6/c1-4-5-6-7-11(19-13(17)10(3)15)8-18-12(16)9(2)14/h9-11,14-15H,4-8H2,1-3H3. The summed E-state index contributed by atoms with van der Waals surface area (Å²) in [6.45, 7) is 4.56. The fourth-order valence-electron chi connectivity index (χ4n) is 1.36. The minimum absolute atomic E-state index is 0.105. The zero-order valence-corrected chi connectivity index (χ0v) is 11.8. The normalized spacial score (nSPS) is 15.4. The summed E-state index contributed by atoms with van der Waals surface area (Å²) in [6.07, 6.45) is 0.388. The molecule has 0 aliphatic rings. The lowest BCUT2D eigenvalue weighted by atomic mass is 10.1. The van der Waals surface area contributed by atoms with Gasteiger partial charge in [-0.25, -0.2) is 9.59 Å². The van der Waals surface area contributed by atoms with Gasteiger partial charge in [0.2, 0.25) is 0 Å². The third-order valence-corrected chi connectivity index (χ3v) is 2.51. The van der Waals surface area contributed by atoms with Crippen LogP contribution in [0.25, 0.3) is 0 Å². The highest BCUT2D eigenvalue weighted by Crippen LogP contribution is 2.09. The van der Waals surface area contributed by atoms with E-state index in [1.165, 1.54) is 13.8 Å². The molecule has 0 fully saturated rings. The van der Waals surface area contributed by atoms with Crippen molar-refractivity contribution >= 4 is 11.9 Å². The Labute approximate surface area is 113 Å². The lowest BCUT2D eigenvalue weighted by molar-refractivity contribution is -0.168. The van der Waals surface area contributed by atoms with Crippen molar-refractivity contribution in [2.75, 3.05) is 6.61 Å². The lowest BCUT2D eigenvalue weighted by Gasteiger charge is -2.19. The number of aliphatic hydroxyl groups excluding tert-OH is 2. The molecule has 0 aromatic rings. The van der Waals surface area contributed by atoms with Crippen LogP contribution >= 0.6 is 0 Å². The highest BCUT2D eigenvalue weighted by Gasteiger charge is 2.20. The van der Waals surface area contributed by atoms with E-state index in [1.54, 1.807) is 0 Å². The average Bonchev–Trinajstić information content (AvgIpc) is 2.34. The van der Waals surface area contributed by atoms with Gasteiger partial charge in [0.15, 0.2) is 0 Å². The fraction of sp³-hybridized carbons (Fsp3) is 0.846. The first-order chi connectivity index (χ1) is 8.88. The molecule has 6 heteroatoms. The maximum atomic E-state index is 11.3. The van der Waals surface area contributed by atoms with Gasteiger partial charge < -0.3 is 19.7 Å². The molecule has 0 radical (unpaired) electrons. The summed E-state index contributed by atoms with van der Waals surface area (Å²) in [5, 5.41) is 18.1. The van der Waals surface area contributed by atoms with E-state index in [4.69, 9.17) is 19.7 Å². The number of carbonyl (C=O) groups is 2. The summed E-state index contributed by atoms with van der Waals surface area (Å²) >= 11 is 0. The van der Waals surface area contributed by atoms with Gasteiger partial charge in [0.05, 0.1) is 0 Å². The van der Waals surface area contributed by atoms with Gasteiger partial charge in [-0.15, -0.1) is 0 Å². The Morgan fingerprint density at radius 3 is 2.11 bits per heavy atom. The smallest absolute Gasteiger partial charge is 0.335 e. The number of carbonyl (C=O) groups excluding carboxylic acids is 2. The molecule has 0 saturated heterocycles. The summed E-state index contributed by atoms with van der Waals surface area (Å²) in [4.78, 5) is 22.4. The molecule has 0 heterocycles. The van der Waals surface area contributed by atoms with Gasteiger partial charge in [-0.2, -0.15) is 0 Å². The zero-order chi connectivity index (χ0) is 14.8. The Morgan fingerprint density at radius 2 is 1.63 bits per heavy atom. The van der Waals surface area contributed by atoms with Crippen molar-refractivity contribution in [3.05, 3.63) is 0 Å². The first-order valence-corrected chi connectivity index (χ1v) is 6.61. The molecule has 0 spiro atoms. The lowest BCUT2D eigenvalue weighted by Crippen LogP contribution is -2.31. The summed E-state index contributed by atoms with van der Waals surface area (Å²) < 4.78 is 9.87. The van der Waals surface area contributed by atoms with Gasteiger partial charge in [-0.05, 0) is 26.7 Å². The van der Waals surface area contributed by atoms with Crippen molar-refractivity contribution in [1.82, 2.24) is 0 Å². The molecule has 6 nitrogen and oxygen atoms in total. The number of rotatable bonds is 9. The van der Waals surface area contributed by atoms with Crippen molar-refractivity contribution in [3.63, 3.8) is 0 Å². The first kappa shape index (κ1) is 17.9. The van der Waals surface area contributed by atoms with Gasteiger partial charge in [0.1, 0.15) is 24.9 Å². The molecule has 19 heavy (non-hydrogen) atoms. The van der Waals surface area contributed by atoms with E-state index >= 15 is 0 Å². The van der Waals surface area contributed by atoms with E-state index in [0.717, 1.165) is 19.3 Å². The predicted octanol–water partition coefficient (Wildman–Crippen LogP) is 0.783. The van der Waals surface area contributed by atoms with E-state index in [-0.39, 0.29) is 6.61 Å². The summed E-state index contributed by atoms with van der Waals surface area (Å²) in [5.41, 5.74) is 0. The second kappa shape index (κ2) is 9.75. The maximum absolute atomic E-state index is 11.3. The molecule has 0 bridgehead atoms. The predicted molar refractivity (Wildman–Crippen MR) is 68.3 cm³/mol. The van der Waals surface area contributed by atoms with Gasteiger partial charge >= 0.3 is 11.9 Å². The Balaban J connectivity index is 4.24. The van der Waals surface area contributed by atoms with Crippen LogP contribution in [0.15, 0.2) is 0 Å². The van der Waals surface area contributed by atoms with E-state index in [1.807, 2.05) is 6.92 Å². The molecule has 0 amide bonds. The minimum atomic E-state index is -1.21. The van der Waals surface area contributed by atoms with Crippen molar-refractivity contribution in [3.8, 4) is 0 Å². The monoisotopic (exact) mass is 276 g/mol. The summed E-state index contributed by atoms with van der Waals surface area (Å²) in [7, 11) is 0. The quantitative estimate of drug-likeness (QED) is 0.477. The molecule has 3 atom stereocenters. The highest BCUT2D eigenvalue weighted by atomic mass is 16.6. The van der Waals surface area contributed by atoms with Crippen molar-refractivity contribution in [1.29, 1.82) is 0 Å². The van der Waals surface area contributed by atoms with E-state index in [2.05, 4.69) is 0 Å². The Hall–Kier alpha value is -1.14. The van der Waals surface area contributed by atoms with Crippen LogP contribution in [0.2, 0.25) is 0 Å². The second-order valence-corrected chi connectivity index (χ2v) is 4.54. The molecular formula is C13H24O6. The SMILES string of the molecule is CCCCCC(COC(=O)C(C)O)OC(=O)C(C)O. The molecule has 0 aliphatic carbocycles. The molecule has 3 unspecified atom stereocenters. The number of esters is 2. The van der Waals surface area contributed by atoms with Gasteiger partial charge in [0, 0.05) is 0 Å². The van der Waals surface area contributed by atoms with Crippen LogP contribution in [0.4, 0.5) is 0 Å². The van der Waals surface area contributed by atoms with Crippen LogP contribution in [-0.4, -0.2) is 47.1 Å². The van der Waals surface area contributed by atoms with Gasteiger partial charge in [0.25, 0.3) is 0 Å². The van der Waals surface area contributed by atoms with E-state index in [9.17, 15) is 9.59 Å². The van der Waals surface area contributed by atoms with Gasteiger partial charge in [-0.3, -0.25) is 0 Å². The molecule has 0 saturated carbocycles. The number of aliphatic hydroxyl groups is 2. The Kier molecular flexibility index (Phi) is 9.16. The molecule has 0 aliphatic heterocycles. The first-order valence-electron chi connectivity index (χ1n) is 6.61. The van der Waals surface area contributed by atoms with Crippen LogP contribution in [-0.2, 0) is 19.1 Å². The van der Waals surface area contributed by atoms with Crippen molar-refractivity contribution in [2.24, 2.45) is 0 Å². The van der Waals surface area contributed by atoms with Crippen LogP contribution < -0.4 is 0 Å². The van der Waals surface area contributed by atoms with Crippen LogP contribution in [0.5, 0.6) is 0 Å². The highest BCUT2D eigenvalue weighted by molar-refractivity contribution is 5.74. The zero-order valence-electron chi connectivity index (χ0n) is 11.8. The largest absolute Gasteiger partial charge is 0.460 e. The number of hydrogen-bond acceptors (Lipinski definition) is 6. The molecule has 0 aromatic heterocycles. The minimum Gasteiger partial charge on any atom is -0.460 e. The van der Waals surface area contributed by atoms with E-state index < -0.39 is 30.3 Å². The molecular weight excluding hydrogens is 252 g/mol.